The van der Waals surface area contributed by atoms with Gasteiger partial charge in [-0.05, 0) is 50.2 Å². The lowest BCUT2D eigenvalue weighted by Crippen LogP contribution is -2.31. The van der Waals surface area contributed by atoms with Gasteiger partial charge >= 0.3 is 0 Å². The number of amides is 1. The van der Waals surface area contributed by atoms with Crippen LogP contribution in [-0.2, 0) is 10.0 Å². The second kappa shape index (κ2) is 10.4. The lowest BCUT2D eigenvalue weighted by molar-refractivity contribution is 0.0956. The molecule has 0 bridgehead atoms. The summed E-state index contributed by atoms with van der Waals surface area (Å²) in [6.07, 6.45) is 2.97. The van der Waals surface area contributed by atoms with Crippen LogP contribution >= 0.6 is 12.4 Å². The summed E-state index contributed by atoms with van der Waals surface area (Å²) < 4.78 is 27.6. The molecule has 156 valence electrons. The van der Waals surface area contributed by atoms with Crippen LogP contribution in [0.1, 0.15) is 23.7 Å². The molecule has 1 heterocycles. The molecule has 0 fully saturated rings. The zero-order valence-electron chi connectivity index (χ0n) is 16.3. The number of para-hydroxylation sites is 1. The van der Waals surface area contributed by atoms with Crippen molar-refractivity contribution < 1.29 is 13.2 Å². The first-order chi connectivity index (χ1) is 13.5. The van der Waals surface area contributed by atoms with Crippen molar-refractivity contribution in [3.8, 4) is 0 Å². The Balaban J connectivity index is 0.00000300. The van der Waals surface area contributed by atoms with E-state index in [1.165, 1.54) is 22.0 Å². The van der Waals surface area contributed by atoms with E-state index in [2.05, 4.69) is 16.7 Å². The van der Waals surface area contributed by atoms with Gasteiger partial charge < -0.3 is 10.6 Å². The lowest BCUT2D eigenvalue weighted by Gasteiger charge is -2.23. The second-order valence-electron chi connectivity index (χ2n) is 6.53. The average Bonchev–Trinajstić information content (AvgIpc) is 2.74. The topological polar surface area (TPSA) is 78.5 Å². The average molecular weight is 436 g/mol. The van der Waals surface area contributed by atoms with Crippen LogP contribution < -0.4 is 14.9 Å². The summed E-state index contributed by atoms with van der Waals surface area (Å²) >= 11 is 0. The molecule has 0 unspecified atom stereocenters. The Morgan fingerprint density at radius 2 is 1.90 bits per heavy atom. The number of hydrogen-bond donors (Lipinski definition) is 2. The Bertz CT molecular complexity index is 962. The molecule has 2 aromatic carbocycles. The van der Waals surface area contributed by atoms with E-state index in [0.717, 1.165) is 19.5 Å². The van der Waals surface area contributed by atoms with Crippen LogP contribution in [0.3, 0.4) is 0 Å². The third kappa shape index (κ3) is 5.59. The molecule has 0 saturated carbocycles. The van der Waals surface area contributed by atoms with Gasteiger partial charge in [-0.25, -0.2) is 8.42 Å². The quantitative estimate of drug-likeness (QED) is 0.655. The number of anilines is 1. The van der Waals surface area contributed by atoms with E-state index in [4.69, 9.17) is 0 Å². The lowest BCUT2D eigenvalue weighted by atomic mass is 10.1. The van der Waals surface area contributed by atoms with Crippen LogP contribution in [0.2, 0.25) is 0 Å². The van der Waals surface area contributed by atoms with Crippen LogP contribution in [0, 0.1) is 0 Å². The number of carbonyl (C=O) groups is 1. The summed E-state index contributed by atoms with van der Waals surface area (Å²) in [5.74, 6) is -0.278. The van der Waals surface area contributed by atoms with Gasteiger partial charge in [0.2, 0.25) is 0 Å². The minimum atomic E-state index is -3.76. The minimum absolute atomic E-state index is 0. The molecule has 0 spiro atoms. The van der Waals surface area contributed by atoms with E-state index >= 15 is 0 Å². The fourth-order valence-electron chi connectivity index (χ4n) is 3.14. The molecule has 0 aromatic heterocycles. The third-order valence-corrected chi connectivity index (χ3v) is 6.55. The van der Waals surface area contributed by atoms with Crippen LogP contribution in [-0.4, -0.2) is 40.5 Å². The van der Waals surface area contributed by atoms with Gasteiger partial charge in [0, 0.05) is 25.2 Å². The largest absolute Gasteiger partial charge is 0.348 e. The first kappa shape index (κ1) is 22.9. The Kier molecular flexibility index (Phi) is 8.25. The molecule has 0 saturated heterocycles. The number of sulfonamides is 1. The molecule has 1 aliphatic heterocycles. The van der Waals surface area contributed by atoms with Crippen molar-refractivity contribution >= 4 is 34.0 Å². The molecular formula is C21H26ClN3O3S. The number of rotatable bonds is 7. The van der Waals surface area contributed by atoms with Crippen molar-refractivity contribution in [1.29, 1.82) is 0 Å². The molecule has 3 rings (SSSR count). The number of halogens is 1. The first-order valence-electron chi connectivity index (χ1n) is 9.37. The summed E-state index contributed by atoms with van der Waals surface area (Å²) in [7, 11) is -3.76. The molecule has 2 N–H and O–H groups in total. The summed E-state index contributed by atoms with van der Waals surface area (Å²) in [4.78, 5) is 12.6. The van der Waals surface area contributed by atoms with Gasteiger partial charge in [0.25, 0.3) is 15.9 Å². The minimum Gasteiger partial charge on any atom is -0.348 e. The van der Waals surface area contributed by atoms with Crippen LogP contribution in [0.15, 0.2) is 71.1 Å². The Hall–Kier alpha value is -2.35. The highest BCUT2D eigenvalue weighted by Gasteiger charge is 2.24. The standard InChI is InChI=1S/C21H25N3O3S.ClH/c1-2-24(19-8-4-3-5-9-19)28(26,27)20-10-6-7-18(15-20)21(25)23-16-17-11-13-22-14-12-17;/h3-11,15,22H,2,12-14,16H2,1H3,(H,23,25);1H. The van der Waals surface area contributed by atoms with E-state index in [9.17, 15) is 13.2 Å². The molecule has 29 heavy (non-hydrogen) atoms. The van der Waals surface area contributed by atoms with Crippen LogP contribution in [0.5, 0.6) is 0 Å². The molecule has 2 aromatic rings. The number of hydrogen-bond acceptors (Lipinski definition) is 4. The molecular weight excluding hydrogens is 410 g/mol. The number of nitrogens with one attached hydrogen (secondary N) is 2. The third-order valence-electron chi connectivity index (χ3n) is 4.65. The van der Waals surface area contributed by atoms with Gasteiger partial charge in [0.05, 0.1) is 10.6 Å². The van der Waals surface area contributed by atoms with Gasteiger partial charge in [-0.3, -0.25) is 9.10 Å². The fourth-order valence-corrected chi connectivity index (χ4v) is 4.66. The van der Waals surface area contributed by atoms with Gasteiger partial charge in [-0.1, -0.05) is 35.9 Å². The molecule has 0 atom stereocenters. The second-order valence-corrected chi connectivity index (χ2v) is 8.39. The number of carbonyl (C=O) groups excluding carboxylic acids is 1. The smallest absolute Gasteiger partial charge is 0.264 e. The van der Waals surface area contributed by atoms with Crippen LogP contribution in [0.4, 0.5) is 5.69 Å². The summed E-state index contributed by atoms with van der Waals surface area (Å²) in [6, 6.07) is 15.1. The maximum absolute atomic E-state index is 13.1. The van der Waals surface area contributed by atoms with E-state index in [-0.39, 0.29) is 23.2 Å². The highest BCUT2D eigenvalue weighted by molar-refractivity contribution is 7.92. The van der Waals surface area contributed by atoms with Crippen molar-refractivity contribution in [3.05, 3.63) is 71.8 Å². The van der Waals surface area contributed by atoms with E-state index in [0.29, 0.717) is 24.3 Å². The molecule has 0 aliphatic carbocycles. The Labute approximate surface area is 178 Å². The van der Waals surface area contributed by atoms with Crippen molar-refractivity contribution in [2.24, 2.45) is 0 Å². The molecule has 1 amide bonds. The zero-order chi connectivity index (χ0) is 20.0. The number of nitrogens with zero attached hydrogens (tertiary/aromatic N) is 1. The summed E-state index contributed by atoms with van der Waals surface area (Å²) in [5.41, 5.74) is 2.11. The molecule has 0 radical (unpaired) electrons. The van der Waals surface area contributed by atoms with Gasteiger partial charge in [0.1, 0.15) is 0 Å². The fraction of sp³-hybridized carbons (Fsp3) is 0.286. The summed E-state index contributed by atoms with van der Waals surface area (Å²) in [5, 5.41) is 6.11. The van der Waals surface area contributed by atoms with Crippen molar-refractivity contribution in [2.45, 2.75) is 18.2 Å². The van der Waals surface area contributed by atoms with Gasteiger partial charge in [-0.15, -0.1) is 12.4 Å². The van der Waals surface area contributed by atoms with E-state index in [1.54, 1.807) is 43.3 Å². The highest BCUT2D eigenvalue weighted by Crippen LogP contribution is 2.23. The van der Waals surface area contributed by atoms with Gasteiger partial charge in [-0.2, -0.15) is 0 Å². The normalized spacial score (nSPS) is 13.8. The van der Waals surface area contributed by atoms with Crippen molar-refractivity contribution in [3.63, 3.8) is 0 Å². The maximum atomic E-state index is 13.1. The van der Waals surface area contributed by atoms with Crippen molar-refractivity contribution in [1.82, 2.24) is 10.6 Å². The predicted octanol–water partition coefficient (Wildman–Crippen LogP) is 2.97. The Morgan fingerprint density at radius 1 is 1.14 bits per heavy atom. The number of benzene rings is 2. The first-order valence-corrected chi connectivity index (χ1v) is 10.8. The molecule has 1 aliphatic rings. The summed E-state index contributed by atoms with van der Waals surface area (Å²) in [6.45, 7) is 4.27. The molecule has 8 heteroatoms. The Morgan fingerprint density at radius 3 is 2.55 bits per heavy atom. The van der Waals surface area contributed by atoms with Crippen molar-refractivity contribution in [2.75, 3.05) is 30.5 Å². The molecule has 6 nitrogen and oxygen atoms in total. The van der Waals surface area contributed by atoms with E-state index < -0.39 is 10.0 Å². The SMILES string of the molecule is CCN(c1ccccc1)S(=O)(=O)c1cccc(C(=O)NCC2=CCNCC2)c1.Cl. The van der Waals surface area contributed by atoms with E-state index in [1.807, 2.05) is 6.07 Å². The zero-order valence-corrected chi connectivity index (χ0v) is 17.9. The van der Waals surface area contributed by atoms with Crippen LogP contribution in [0.25, 0.3) is 0 Å². The highest BCUT2D eigenvalue weighted by atomic mass is 35.5. The monoisotopic (exact) mass is 435 g/mol. The predicted molar refractivity (Wildman–Crippen MR) is 118 cm³/mol. The maximum Gasteiger partial charge on any atom is 0.264 e. The van der Waals surface area contributed by atoms with Gasteiger partial charge in [0.15, 0.2) is 0 Å².